The second-order valence-electron chi connectivity index (χ2n) is 8.73. The first-order chi connectivity index (χ1) is 16.9. The number of unbranched alkanes of at least 4 members (excludes halogenated alkanes) is 1. The molecule has 3 rings (SSSR count). The Hall–Kier alpha value is -2.75. The molecule has 1 aliphatic heterocycles. The van der Waals surface area contributed by atoms with Gasteiger partial charge in [-0.1, -0.05) is 36.8 Å². The lowest BCUT2D eigenvalue weighted by molar-refractivity contribution is -0.153. The lowest BCUT2D eigenvalue weighted by Crippen LogP contribution is -2.57. The van der Waals surface area contributed by atoms with Gasteiger partial charge in [0.2, 0.25) is 5.91 Å². The minimum Gasteiger partial charge on any atom is -0.480 e. The summed E-state index contributed by atoms with van der Waals surface area (Å²) in [4.78, 5) is 41.1. The lowest BCUT2D eigenvalue weighted by atomic mass is 9.98. The molecule has 1 aromatic carbocycles. The third-order valence-electron chi connectivity index (χ3n) is 6.28. The summed E-state index contributed by atoms with van der Waals surface area (Å²) in [6, 6.07) is 9.43. The first kappa shape index (κ1) is 26.8. The number of nitrogens with zero attached hydrogens (tertiary/aromatic N) is 1. The van der Waals surface area contributed by atoms with Crippen molar-refractivity contribution in [2.75, 3.05) is 13.2 Å². The number of carbonyl (C=O) groups is 3. The maximum absolute atomic E-state index is 13.7. The Morgan fingerprint density at radius 1 is 1.17 bits per heavy atom. The number of rotatable bonds is 13. The van der Waals surface area contributed by atoms with Crippen molar-refractivity contribution in [2.45, 2.75) is 70.1 Å². The molecule has 190 valence electrons. The van der Waals surface area contributed by atoms with Crippen LogP contribution in [0, 0.1) is 0 Å². The average molecular weight is 502 g/mol. The van der Waals surface area contributed by atoms with Crippen LogP contribution in [0.2, 0.25) is 0 Å². The number of esters is 1. The second-order valence-corrected chi connectivity index (χ2v) is 9.73. The van der Waals surface area contributed by atoms with E-state index in [4.69, 9.17) is 10.5 Å². The summed E-state index contributed by atoms with van der Waals surface area (Å²) >= 11 is 1.52. The van der Waals surface area contributed by atoms with Crippen LogP contribution in [-0.2, 0) is 38.5 Å². The zero-order chi connectivity index (χ0) is 25.2. The predicted octanol–water partition coefficient (Wildman–Crippen LogP) is 2.74. The highest BCUT2D eigenvalue weighted by atomic mass is 32.1. The van der Waals surface area contributed by atoms with E-state index in [1.54, 1.807) is 6.92 Å². The van der Waals surface area contributed by atoms with Crippen molar-refractivity contribution in [2.24, 2.45) is 5.73 Å². The fraction of sp³-hybridized carbons (Fsp3) is 0.500. The van der Waals surface area contributed by atoms with Crippen LogP contribution in [0.15, 0.2) is 41.8 Å². The maximum atomic E-state index is 13.7. The van der Waals surface area contributed by atoms with Gasteiger partial charge in [-0.15, -0.1) is 11.3 Å². The molecule has 2 heterocycles. The van der Waals surface area contributed by atoms with E-state index in [0.29, 0.717) is 38.6 Å². The van der Waals surface area contributed by atoms with E-state index in [1.165, 1.54) is 16.2 Å². The number of hydrogen-bond acceptors (Lipinski definition) is 7. The topological polar surface area (TPSA) is 122 Å². The fourth-order valence-electron chi connectivity index (χ4n) is 4.40. The summed E-state index contributed by atoms with van der Waals surface area (Å²) < 4.78 is 5.30. The molecular weight excluding hydrogens is 466 g/mol. The molecule has 0 saturated carbocycles. The molecule has 35 heavy (non-hydrogen) atoms. The summed E-state index contributed by atoms with van der Waals surface area (Å²) in [6.45, 7) is 2.73. The van der Waals surface area contributed by atoms with Crippen LogP contribution in [0.4, 0.5) is 0 Å². The molecule has 0 spiro atoms. The molecule has 1 amide bonds. The third-order valence-corrected chi connectivity index (χ3v) is 7.27. The van der Waals surface area contributed by atoms with Crippen LogP contribution in [0.25, 0.3) is 0 Å². The molecule has 0 bridgehead atoms. The van der Waals surface area contributed by atoms with Crippen LogP contribution in [0.3, 0.4) is 0 Å². The van der Waals surface area contributed by atoms with Crippen molar-refractivity contribution in [1.29, 1.82) is 0 Å². The molecule has 0 aliphatic carbocycles. The van der Waals surface area contributed by atoms with Crippen LogP contribution < -0.4 is 11.1 Å². The van der Waals surface area contributed by atoms with E-state index in [-0.39, 0.29) is 19.1 Å². The standard InChI is InChI=1S/C26H35N3O5S/c1-2-34-26(33)21(12-11-18-8-4-3-5-9-18)28-20(10-6-7-14-27)24(30)29-17-19-13-15-35-23(19)16-22(29)25(31)32/h3-5,8-9,13,15,20-22,28H,2,6-7,10-12,14,16-17,27H2,1H3,(H,31,32)/t20-,21-,22?/m0/s1. The van der Waals surface area contributed by atoms with E-state index in [0.717, 1.165) is 22.4 Å². The lowest BCUT2D eigenvalue weighted by Gasteiger charge is -2.36. The van der Waals surface area contributed by atoms with Crippen LogP contribution in [-0.4, -0.2) is 59.1 Å². The van der Waals surface area contributed by atoms with Gasteiger partial charge in [0.05, 0.1) is 12.6 Å². The first-order valence-corrected chi connectivity index (χ1v) is 13.1. The second kappa shape index (κ2) is 13.4. The Bertz CT molecular complexity index is 980. The van der Waals surface area contributed by atoms with Crippen LogP contribution in [0.5, 0.6) is 0 Å². The number of carboxylic acid groups (broad SMARTS) is 1. The number of hydrogen-bond donors (Lipinski definition) is 3. The number of fused-ring (bicyclic) bond motifs is 1. The summed E-state index contributed by atoms with van der Waals surface area (Å²) in [7, 11) is 0. The van der Waals surface area contributed by atoms with Gasteiger partial charge in [0.1, 0.15) is 12.1 Å². The largest absolute Gasteiger partial charge is 0.480 e. The first-order valence-electron chi connectivity index (χ1n) is 12.2. The Labute approximate surface area is 210 Å². The highest BCUT2D eigenvalue weighted by molar-refractivity contribution is 7.10. The zero-order valence-electron chi connectivity index (χ0n) is 20.2. The molecule has 1 unspecified atom stereocenters. The number of nitrogens with two attached hydrogens (primary N) is 1. The minimum absolute atomic E-state index is 0.238. The maximum Gasteiger partial charge on any atom is 0.326 e. The van der Waals surface area contributed by atoms with Crippen molar-refractivity contribution in [3.63, 3.8) is 0 Å². The molecule has 0 saturated heterocycles. The quantitative estimate of drug-likeness (QED) is 0.285. The third kappa shape index (κ3) is 7.37. The Kier molecular flexibility index (Phi) is 10.3. The van der Waals surface area contributed by atoms with Crippen molar-refractivity contribution < 1.29 is 24.2 Å². The molecule has 1 aliphatic rings. The van der Waals surface area contributed by atoms with Crippen LogP contribution >= 0.6 is 11.3 Å². The Balaban J connectivity index is 1.80. The summed E-state index contributed by atoms with van der Waals surface area (Å²) in [5, 5.41) is 15.0. The highest BCUT2D eigenvalue weighted by Gasteiger charge is 2.39. The van der Waals surface area contributed by atoms with E-state index >= 15 is 0 Å². The van der Waals surface area contributed by atoms with Gasteiger partial charge < -0.3 is 20.5 Å². The van der Waals surface area contributed by atoms with Gasteiger partial charge in [-0.25, -0.2) is 4.79 Å². The van der Waals surface area contributed by atoms with Crippen molar-refractivity contribution in [3.8, 4) is 0 Å². The SMILES string of the molecule is CCOC(=O)[C@H](CCc1ccccc1)N[C@@H](CCCCN)C(=O)N1Cc2ccsc2CC1C(=O)O. The minimum atomic E-state index is -1.02. The molecule has 2 aromatic rings. The van der Waals surface area contributed by atoms with Gasteiger partial charge in [0, 0.05) is 17.8 Å². The Morgan fingerprint density at radius 2 is 1.94 bits per heavy atom. The number of aryl methyl sites for hydroxylation is 1. The molecule has 8 nitrogen and oxygen atoms in total. The number of aliphatic carboxylic acids is 1. The summed E-state index contributed by atoms with van der Waals surface area (Å²) in [5.74, 6) is -1.74. The van der Waals surface area contributed by atoms with Gasteiger partial charge in [-0.3, -0.25) is 14.9 Å². The van der Waals surface area contributed by atoms with Gasteiger partial charge >= 0.3 is 11.9 Å². The molecular formula is C26H35N3O5S. The molecule has 1 aromatic heterocycles. The van der Waals surface area contributed by atoms with Crippen molar-refractivity contribution >= 4 is 29.2 Å². The van der Waals surface area contributed by atoms with Crippen LogP contribution in [0.1, 0.15) is 48.6 Å². The normalized spacial score (nSPS) is 16.9. The molecule has 0 radical (unpaired) electrons. The number of ether oxygens (including phenoxy) is 1. The van der Waals surface area contributed by atoms with Gasteiger partial charge in [-0.05, 0) is 61.7 Å². The fourth-order valence-corrected chi connectivity index (χ4v) is 5.33. The summed E-state index contributed by atoms with van der Waals surface area (Å²) in [5.41, 5.74) is 7.74. The highest BCUT2D eigenvalue weighted by Crippen LogP contribution is 2.29. The zero-order valence-corrected chi connectivity index (χ0v) is 21.0. The number of amides is 1. The van der Waals surface area contributed by atoms with E-state index < -0.39 is 30.1 Å². The predicted molar refractivity (Wildman–Crippen MR) is 135 cm³/mol. The van der Waals surface area contributed by atoms with Gasteiger partial charge in [-0.2, -0.15) is 0 Å². The Morgan fingerprint density at radius 3 is 2.63 bits per heavy atom. The monoisotopic (exact) mass is 501 g/mol. The average Bonchev–Trinajstić information content (AvgIpc) is 3.32. The van der Waals surface area contributed by atoms with E-state index in [9.17, 15) is 19.5 Å². The van der Waals surface area contributed by atoms with Gasteiger partial charge in [0.25, 0.3) is 0 Å². The summed E-state index contributed by atoms with van der Waals surface area (Å²) in [6.07, 6.45) is 3.26. The van der Waals surface area contributed by atoms with Crippen molar-refractivity contribution in [1.82, 2.24) is 10.2 Å². The number of carboxylic acids is 1. The van der Waals surface area contributed by atoms with Crippen molar-refractivity contribution in [3.05, 3.63) is 57.8 Å². The molecule has 4 N–H and O–H groups in total. The smallest absolute Gasteiger partial charge is 0.326 e. The van der Waals surface area contributed by atoms with E-state index in [2.05, 4.69) is 5.32 Å². The number of nitrogens with one attached hydrogen (secondary N) is 1. The molecule has 9 heteroatoms. The van der Waals surface area contributed by atoms with Gasteiger partial charge in [0.15, 0.2) is 0 Å². The number of thiophene rings is 1. The number of benzene rings is 1. The molecule has 0 fully saturated rings. The number of carbonyl (C=O) groups excluding carboxylic acids is 2. The molecule has 3 atom stereocenters. The van der Waals surface area contributed by atoms with E-state index in [1.807, 2.05) is 41.8 Å².